The highest BCUT2D eigenvalue weighted by molar-refractivity contribution is 7.14. The van der Waals surface area contributed by atoms with Crippen LogP contribution in [0.25, 0.3) is 11.1 Å². The summed E-state index contributed by atoms with van der Waals surface area (Å²) in [6, 6.07) is 6.97. The fraction of sp³-hybridized carbons (Fsp3) is 0.0833. The Morgan fingerprint density at radius 3 is 2.30 bits per heavy atom. The standard InChI is InChI=1S/C12H5Cl2F3O2S/c13-7-3-1-6(2-4-7)8-5-9(19-11(14)18)20-10(8)12(15,16)17/h1-5H. The van der Waals surface area contributed by atoms with E-state index in [9.17, 15) is 18.0 Å². The highest BCUT2D eigenvalue weighted by Gasteiger charge is 2.37. The lowest BCUT2D eigenvalue weighted by Gasteiger charge is -2.07. The highest BCUT2D eigenvalue weighted by Crippen LogP contribution is 2.45. The molecule has 0 spiro atoms. The molecule has 0 aliphatic carbocycles. The van der Waals surface area contributed by atoms with Crippen LogP contribution >= 0.6 is 34.5 Å². The van der Waals surface area contributed by atoms with E-state index in [-0.39, 0.29) is 10.6 Å². The number of alkyl halides is 3. The average Bonchev–Trinajstić information content (AvgIpc) is 2.72. The molecule has 0 unspecified atom stereocenters. The van der Waals surface area contributed by atoms with Crippen molar-refractivity contribution >= 4 is 40.0 Å². The average molecular weight is 341 g/mol. The SMILES string of the molecule is O=C(Cl)Oc1cc(-c2ccc(Cl)cc2)c(C(F)(F)F)s1. The van der Waals surface area contributed by atoms with Crippen molar-refractivity contribution in [1.29, 1.82) is 0 Å². The van der Waals surface area contributed by atoms with Crippen LogP contribution in [0.4, 0.5) is 18.0 Å². The maximum Gasteiger partial charge on any atom is 0.426 e. The molecular weight excluding hydrogens is 336 g/mol. The molecule has 2 nitrogen and oxygen atoms in total. The summed E-state index contributed by atoms with van der Waals surface area (Å²) in [5.41, 5.74) is -0.968. The number of halogens is 5. The second-order valence-corrected chi connectivity index (χ2v) is 5.41. The smallest absolute Gasteiger partial charge is 0.403 e. The van der Waals surface area contributed by atoms with Gasteiger partial charge in [-0.3, -0.25) is 0 Å². The lowest BCUT2D eigenvalue weighted by Crippen LogP contribution is -2.03. The minimum atomic E-state index is -4.56. The van der Waals surface area contributed by atoms with Crippen molar-refractivity contribution < 1.29 is 22.7 Å². The quantitative estimate of drug-likeness (QED) is 0.643. The molecule has 1 aromatic heterocycles. The van der Waals surface area contributed by atoms with Gasteiger partial charge in [-0.25, -0.2) is 4.79 Å². The van der Waals surface area contributed by atoms with E-state index >= 15 is 0 Å². The van der Waals surface area contributed by atoms with Gasteiger partial charge >= 0.3 is 11.6 Å². The van der Waals surface area contributed by atoms with E-state index in [2.05, 4.69) is 4.74 Å². The minimum absolute atomic E-state index is 0.0907. The fourth-order valence-electron chi connectivity index (χ4n) is 1.55. The Balaban J connectivity index is 2.52. The van der Waals surface area contributed by atoms with Gasteiger partial charge in [0, 0.05) is 28.3 Å². The van der Waals surface area contributed by atoms with Crippen LogP contribution in [0.2, 0.25) is 5.02 Å². The molecule has 106 valence electrons. The number of rotatable bonds is 2. The number of hydrogen-bond acceptors (Lipinski definition) is 3. The minimum Gasteiger partial charge on any atom is -0.403 e. The largest absolute Gasteiger partial charge is 0.426 e. The highest BCUT2D eigenvalue weighted by atomic mass is 35.5. The van der Waals surface area contributed by atoms with Gasteiger partial charge in [0.25, 0.3) is 0 Å². The summed E-state index contributed by atoms with van der Waals surface area (Å²) < 4.78 is 43.4. The maximum absolute atomic E-state index is 13.0. The molecule has 2 aromatic rings. The molecule has 0 aliphatic heterocycles. The van der Waals surface area contributed by atoms with E-state index in [1.54, 1.807) is 0 Å². The first-order valence-electron chi connectivity index (χ1n) is 5.11. The first kappa shape index (κ1) is 15.2. The van der Waals surface area contributed by atoms with Gasteiger partial charge in [-0.1, -0.05) is 35.1 Å². The van der Waals surface area contributed by atoms with Gasteiger partial charge in [0.1, 0.15) is 4.88 Å². The van der Waals surface area contributed by atoms with Crippen molar-refractivity contribution in [3.8, 4) is 16.2 Å². The number of hydrogen-bond donors (Lipinski definition) is 0. The lowest BCUT2D eigenvalue weighted by molar-refractivity contribution is -0.133. The molecule has 8 heteroatoms. The summed E-state index contributed by atoms with van der Waals surface area (Å²) in [6.45, 7) is 0. The zero-order chi connectivity index (χ0) is 14.9. The van der Waals surface area contributed by atoms with Crippen LogP contribution in [0, 0.1) is 0 Å². The van der Waals surface area contributed by atoms with Crippen molar-refractivity contribution in [2.24, 2.45) is 0 Å². The Kier molecular flexibility index (Phi) is 4.27. The molecule has 0 bridgehead atoms. The topological polar surface area (TPSA) is 26.3 Å². The van der Waals surface area contributed by atoms with Gasteiger partial charge < -0.3 is 4.74 Å². The summed E-state index contributed by atoms with van der Waals surface area (Å²) in [7, 11) is 0. The van der Waals surface area contributed by atoms with Crippen LogP contribution in [-0.4, -0.2) is 5.43 Å². The fourth-order valence-corrected chi connectivity index (χ4v) is 2.70. The number of carbonyl (C=O) groups is 1. The van der Waals surface area contributed by atoms with E-state index in [1.165, 1.54) is 24.3 Å². The summed E-state index contributed by atoms with van der Waals surface area (Å²) in [4.78, 5) is 9.75. The van der Waals surface area contributed by atoms with Crippen LogP contribution < -0.4 is 4.74 Å². The van der Waals surface area contributed by atoms with E-state index < -0.39 is 16.5 Å². The van der Waals surface area contributed by atoms with E-state index in [1.807, 2.05) is 0 Å². The third kappa shape index (κ3) is 3.45. The third-order valence-corrected chi connectivity index (χ3v) is 3.69. The van der Waals surface area contributed by atoms with Crippen LogP contribution in [0.1, 0.15) is 4.88 Å². The predicted octanol–water partition coefficient (Wildman–Crippen LogP) is 5.82. The third-order valence-electron chi connectivity index (χ3n) is 2.30. The second-order valence-electron chi connectivity index (χ2n) is 3.65. The Morgan fingerprint density at radius 1 is 1.20 bits per heavy atom. The Morgan fingerprint density at radius 2 is 1.80 bits per heavy atom. The molecule has 1 aromatic carbocycles. The zero-order valence-corrected chi connectivity index (χ0v) is 11.8. The van der Waals surface area contributed by atoms with E-state index in [4.69, 9.17) is 23.2 Å². The van der Waals surface area contributed by atoms with E-state index in [0.717, 1.165) is 6.07 Å². The van der Waals surface area contributed by atoms with Crippen LogP contribution in [0.15, 0.2) is 30.3 Å². The Labute approximate surface area is 125 Å². The molecule has 0 fully saturated rings. The van der Waals surface area contributed by atoms with Gasteiger partial charge in [-0.2, -0.15) is 13.2 Å². The number of carbonyl (C=O) groups excluding carboxylic acids is 1. The molecule has 0 N–H and O–H groups in total. The molecule has 0 saturated carbocycles. The summed E-state index contributed by atoms with van der Waals surface area (Å²) in [5, 5.41) is 0.187. The molecule has 0 atom stereocenters. The molecular formula is C12H5Cl2F3O2S. The predicted molar refractivity (Wildman–Crippen MR) is 71.6 cm³/mol. The van der Waals surface area contributed by atoms with Crippen molar-refractivity contribution in [2.45, 2.75) is 6.18 Å². The number of benzene rings is 1. The van der Waals surface area contributed by atoms with Crippen molar-refractivity contribution in [2.75, 3.05) is 0 Å². The normalized spacial score (nSPS) is 11.4. The van der Waals surface area contributed by atoms with Crippen molar-refractivity contribution in [3.05, 3.63) is 40.2 Å². The van der Waals surface area contributed by atoms with Gasteiger partial charge in [-0.15, -0.1) is 0 Å². The van der Waals surface area contributed by atoms with Gasteiger partial charge in [0.15, 0.2) is 5.06 Å². The van der Waals surface area contributed by atoms with Crippen LogP contribution in [0.5, 0.6) is 5.06 Å². The van der Waals surface area contributed by atoms with Crippen molar-refractivity contribution in [3.63, 3.8) is 0 Å². The monoisotopic (exact) mass is 340 g/mol. The van der Waals surface area contributed by atoms with Gasteiger partial charge in [0.05, 0.1) is 0 Å². The molecule has 1 heterocycles. The summed E-state index contributed by atoms with van der Waals surface area (Å²) in [6.07, 6.45) is -4.56. The zero-order valence-electron chi connectivity index (χ0n) is 9.50. The summed E-state index contributed by atoms with van der Waals surface area (Å²) >= 11 is 11.0. The maximum atomic E-state index is 13.0. The van der Waals surface area contributed by atoms with Crippen LogP contribution in [0.3, 0.4) is 0 Å². The first-order valence-corrected chi connectivity index (χ1v) is 6.69. The van der Waals surface area contributed by atoms with Gasteiger partial charge in [-0.05, 0) is 17.7 Å². The van der Waals surface area contributed by atoms with Crippen molar-refractivity contribution in [1.82, 2.24) is 0 Å². The Bertz CT molecular complexity index is 635. The molecule has 20 heavy (non-hydrogen) atoms. The first-order chi connectivity index (χ1) is 9.27. The van der Waals surface area contributed by atoms with E-state index in [0.29, 0.717) is 21.9 Å². The van der Waals surface area contributed by atoms with Gasteiger partial charge in [0.2, 0.25) is 0 Å². The Hall–Kier alpha value is -1.24. The lowest BCUT2D eigenvalue weighted by atomic mass is 10.1. The molecule has 0 amide bonds. The molecule has 0 radical (unpaired) electrons. The molecule has 2 rings (SSSR count). The number of ether oxygens (including phenoxy) is 1. The molecule has 0 aliphatic rings. The molecule has 0 saturated heterocycles. The van der Waals surface area contributed by atoms with Crippen LogP contribution in [-0.2, 0) is 6.18 Å². The number of thiophene rings is 1. The summed E-state index contributed by atoms with van der Waals surface area (Å²) in [5.74, 6) is 0. The second kappa shape index (κ2) is 5.63.